The van der Waals surface area contributed by atoms with Gasteiger partial charge in [0.05, 0.1) is 5.52 Å². The van der Waals surface area contributed by atoms with Gasteiger partial charge < -0.3 is 9.47 Å². The highest BCUT2D eigenvalue weighted by molar-refractivity contribution is 5.96. The average molecular weight is 635 g/mol. The first-order valence-corrected chi connectivity index (χ1v) is 17.3. The lowest BCUT2D eigenvalue weighted by atomic mass is 9.81. The molecule has 2 heteroatoms. The van der Waals surface area contributed by atoms with Gasteiger partial charge >= 0.3 is 0 Å². The van der Waals surface area contributed by atoms with E-state index in [1.54, 1.807) is 0 Å². The average Bonchev–Trinajstić information content (AvgIpc) is 3.49. The van der Waals surface area contributed by atoms with Gasteiger partial charge in [-0.25, -0.2) is 0 Å². The van der Waals surface area contributed by atoms with Crippen LogP contribution >= 0.6 is 0 Å². The summed E-state index contributed by atoms with van der Waals surface area (Å²) in [5.74, 6) is 0. The van der Waals surface area contributed by atoms with Gasteiger partial charge in [0.15, 0.2) is 0 Å². The van der Waals surface area contributed by atoms with Crippen molar-refractivity contribution in [3.63, 3.8) is 0 Å². The lowest BCUT2D eigenvalue weighted by Crippen LogP contribution is -2.15. The fraction of sp³-hybridized carbons (Fsp3) is 0.149. The zero-order valence-corrected chi connectivity index (χ0v) is 29.3. The highest BCUT2D eigenvalue weighted by atomic mass is 15.1. The van der Waals surface area contributed by atoms with Crippen LogP contribution < -0.4 is 4.90 Å². The molecule has 1 aliphatic rings. The van der Waals surface area contributed by atoms with E-state index >= 15 is 0 Å². The van der Waals surface area contributed by atoms with E-state index in [0.29, 0.717) is 0 Å². The third-order valence-electron chi connectivity index (χ3n) is 10.7. The maximum Gasteiger partial charge on any atom is 0.0537 e. The normalized spacial score (nSPS) is 13.2. The molecule has 0 atom stereocenters. The molecule has 1 aromatic heterocycles. The number of aryl methyl sites for hydroxylation is 3. The van der Waals surface area contributed by atoms with E-state index in [1.807, 2.05) is 0 Å². The topological polar surface area (TPSA) is 8.17 Å². The van der Waals surface area contributed by atoms with Crippen molar-refractivity contribution < 1.29 is 0 Å². The molecule has 0 unspecified atom stereocenters. The molecular formula is C47H42N2. The fourth-order valence-corrected chi connectivity index (χ4v) is 7.79. The molecule has 0 saturated heterocycles. The van der Waals surface area contributed by atoms with Crippen molar-refractivity contribution in [2.24, 2.45) is 0 Å². The molecule has 0 N–H and O–H groups in total. The predicted molar refractivity (Wildman–Crippen MR) is 210 cm³/mol. The number of rotatable bonds is 6. The van der Waals surface area contributed by atoms with E-state index in [1.165, 1.54) is 83.7 Å². The summed E-state index contributed by atoms with van der Waals surface area (Å²) in [6.07, 6.45) is 4.48. The number of aromatic nitrogens is 1. The molecule has 0 radical (unpaired) electrons. The molecule has 0 fully saturated rings. The van der Waals surface area contributed by atoms with Crippen LogP contribution in [0, 0.1) is 27.7 Å². The summed E-state index contributed by atoms with van der Waals surface area (Å²) in [6.45, 7) is 13.6. The van der Waals surface area contributed by atoms with E-state index < -0.39 is 0 Å². The zero-order chi connectivity index (χ0) is 33.9. The number of anilines is 3. The maximum atomic E-state index is 2.45. The lowest BCUT2D eigenvalue weighted by molar-refractivity contribution is 0.660. The van der Waals surface area contributed by atoms with Crippen LogP contribution in [0.15, 0.2) is 133 Å². The Kier molecular flexibility index (Phi) is 7.41. The van der Waals surface area contributed by atoms with E-state index in [9.17, 15) is 0 Å². The second-order valence-corrected chi connectivity index (χ2v) is 14.1. The van der Waals surface area contributed by atoms with Gasteiger partial charge in [-0.15, -0.1) is 0 Å². The Bertz CT molecular complexity index is 2340. The molecular weight excluding hydrogens is 593 g/mol. The van der Waals surface area contributed by atoms with E-state index in [0.717, 1.165) is 5.69 Å². The molecule has 6 aromatic carbocycles. The number of hydrogen-bond acceptors (Lipinski definition) is 1. The second kappa shape index (κ2) is 11.8. The minimum atomic E-state index is -0.105. The van der Waals surface area contributed by atoms with Crippen LogP contribution in [0.4, 0.5) is 17.1 Å². The highest BCUT2D eigenvalue weighted by Crippen LogP contribution is 2.51. The Morgan fingerprint density at radius 3 is 1.78 bits per heavy atom. The van der Waals surface area contributed by atoms with Crippen LogP contribution in [-0.4, -0.2) is 4.57 Å². The summed E-state index contributed by atoms with van der Waals surface area (Å²) < 4.78 is 2.42. The zero-order valence-electron chi connectivity index (χ0n) is 29.3. The van der Waals surface area contributed by atoms with E-state index in [-0.39, 0.29) is 5.41 Å². The minimum absolute atomic E-state index is 0.105. The number of benzene rings is 6. The lowest BCUT2D eigenvalue weighted by Gasteiger charge is -2.28. The Balaban J connectivity index is 1.12. The van der Waals surface area contributed by atoms with Crippen molar-refractivity contribution in [1.29, 1.82) is 0 Å². The standard InChI is InChI=1S/C47H42N2/c1-31-14-10-12-18-44(31)49(45-19-13-11-15-32(45)2)38-25-22-35(23-26-38)20-21-36-24-27-39-41-29-40-33(3)34(4)48(37-16-8-7-9-17-37)46(40)30-43(41)47(5,6)42(39)28-36/h7-30H,1-6H3/b21-20+. The molecule has 0 aliphatic heterocycles. The highest BCUT2D eigenvalue weighted by Gasteiger charge is 2.36. The molecule has 8 rings (SSSR count). The van der Waals surface area contributed by atoms with Gasteiger partial charge in [0.25, 0.3) is 0 Å². The van der Waals surface area contributed by atoms with Crippen LogP contribution in [0.25, 0.3) is 39.9 Å². The number of fused-ring (bicyclic) bond motifs is 4. The van der Waals surface area contributed by atoms with Gasteiger partial charge in [-0.1, -0.05) is 111 Å². The van der Waals surface area contributed by atoms with Crippen LogP contribution in [0.1, 0.15) is 58.5 Å². The number of para-hydroxylation sites is 3. The first-order chi connectivity index (χ1) is 23.7. The third kappa shape index (κ3) is 5.11. The van der Waals surface area contributed by atoms with Gasteiger partial charge in [0.1, 0.15) is 0 Å². The van der Waals surface area contributed by atoms with Crippen LogP contribution in [0.5, 0.6) is 0 Å². The van der Waals surface area contributed by atoms with Crippen LogP contribution in [-0.2, 0) is 5.41 Å². The SMILES string of the molecule is Cc1ccccc1N(c1ccc(/C=C/c2ccc3c(c2)C(C)(C)c2cc4c(cc2-3)c(C)c(C)n4-c2ccccc2)cc1)c1ccccc1C. The monoisotopic (exact) mass is 634 g/mol. The Hall–Kier alpha value is -5.60. The van der Waals surface area contributed by atoms with Crippen molar-refractivity contribution in [2.75, 3.05) is 4.90 Å². The summed E-state index contributed by atoms with van der Waals surface area (Å²) in [7, 11) is 0. The molecule has 2 nitrogen and oxygen atoms in total. The quantitative estimate of drug-likeness (QED) is 0.165. The summed E-state index contributed by atoms with van der Waals surface area (Å²) in [5, 5.41) is 1.33. The molecule has 0 saturated carbocycles. The number of hydrogen-bond donors (Lipinski definition) is 0. The Morgan fingerprint density at radius 2 is 1.12 bits per heavy atom. The Labute approximate surface area is 290 Å². The summed E-state index contributed by atoms with van der Waals surface area (Å²) in [4.78, 5) is 2.37. The van der Waals surface area contributed by atoms with Crippen molar-refractivity contribution in [3.05, 3.63) is 178 Å². The molecule has 0 bridgehead atoms. The van der Waals surface area contributed by atoms with Crippen molar-refractivity contribution in [1.82, 2.24) is 4.57 Å². The molecule has 1 aliphatic carbocycles. The maximum absolute atomic E-state index is 2.45. The van der Waals surface area contributed by atoms with Crippen LogP contribution in [0.3, 0.4) is 0 Å². The van der Waals surface area contributed by atoms with Crippen molar-refractivity contribution in [3.8, 4) is 16.8 Å². The molecule has 49 heavy (non-hydrogen) atoms. The van der Waals surface area contributed by atoms with E-state index in [2.05, 4.69) is 197 Å². The predicted octanol–water partition coefficient (Wildman–Crippen LogP) is 12.8. The van der Waals surface area contributed by atoms with Crippen molar-refractivity contribution in [2.45, 2.75) is 47.0 Å². The Morgan fingerprint density at radius 1 is 0.551 bits per heavy atom. The van der Waals surface area contributed by atoms with Gasteiger partial charge in [0.2, 0.25) is 0 Å². The van der Waals surface area contributed by atoms with Crippen molar-refractivity contribution >= 4 is 40.1 Å². The van der Waals surface area contributed by atoms with E-state index in [4.69, 9.17) is 0 Å². The van der Waals surface area contributed by atoms with Gasteiger partial charge in [0, 0.05) is 39.2 Å². The number of nitrogens with zero attached hydrogens (tertiary/aromatic N) is 2. The smallest absolute Gasteiger partial charge is 0.0537 e. The first-order valence-electron chi connectivity index (χ1n) is 17.3. The summed E-state index contributed by atoms with van der Waals surface area (Å²) in [5.41, 5.74) is 19.0. The third-order valence-corrected chi connectivity index (χ3v) is 10.7. The second-order valence-electron chi connectivity index (χ2n) is 14.1. The summed E-state index contributed by atoms with van der Waals surface area (Å²) >= 11 is 0. The van der Waals surface area contributed by atoms with Gasteiger partial charge in [-0.2, -0.15) is 0 Å². The fourth-order valence-electron chi connectivity index (χ4n) is 7.79. The largest absolute Gasteiger partial charge is 0.314 e. The molecule has 240 valence electrons. The van der Waals surface area contributed by atoms with Crippen LogP contribution in [0.2, 0.25) is 0 Å². The minimum Gasteiger partial charge on any atom is -0.314 e. The van der Waals surface area contributed by atoms with Gasteiger partial charge in [-0.05, 0) is 126 Å². The summed E-state index contributed by atoms with van der Waals surface area (Å²) in [6, 6.07) is 48.7. The molecule has 0 spiro atoms. The first kappa shape index (κ1) is 30.7. The molecule has 1 heterocycles. The van der Waals surface area contributed by atoms with Gasteiger partial charge in [-0.3, -0.25) is 0 Å². The molecule has 0 amide bonds. The molecule has 7 aromatic rings.